The molecule has 2 atom stereocenters. The lowest BCUT2D eigenvalue weighted by Gasteiger charge is -2.40. The molecule has 1 aromatic heterocycles. The van der Waals surface area contributed by atoms with E-state index in [0.29, 0.717) is 0 Å². The van der Waals surface area contributed by atoms with Crippen LogP contribution >= 0.6 is 0 Å². The zero-order valence-electron chi connectivity index (χ0n) is 11.9. The van der Waals surface area contributed by atoms with E-state index < -0.39 is 17.9 Å². The van der Waals surface area contributed by atoms with Gasteiger partial charge in [0.2, 0.25) is 17.4 Å². The predicted octanol–water partition coefficient (Wildman–Crippen LogP) is -0.0639. The number of hydrogen-bond donors (Lipinski definition) is 3. The summed E-state index contributed by atoms with van der Waals surface area (Å²) in [6.07, 6.45) is 3.27. The van der Waals surface area contributed by atoms with E-state index in [1.165, 1.54) is 18.2 Å². The van der Waals surface area contributed by atoms with Gasteiger partial charge < -0.3 is 10.3 Å². The van der Waals surface area contributed by atoms with Gasteiger partial charge in [-0.15, -0.1) is 0 Å². The summed E-state index contributed by atoms with van der Waals surface area (Å²) in [5, 5.41) is 4.92. The van der Waals surface area contributed by atoms with Crippen molar-refractivity contribution >= 4 is 17.7 Å². The summed E-state index contributed by atoms with van der Waals surface area (Å²) >= 11 is 0. The Bertz CT molecular complexity index is 677. The van der Waals surface area contributed by atoms with Crippen LogP contribution in [0.2, 0.25) is 0 Å². The standard InChI is InChI=1S/C15H17N3O4/c19-11-6-2-5-10(16-11)14(21)18-13-9(8-3-1-4-8)7-12(20)17-15(13)22/h2,5-6,8-9,13H,1,3-4,7H2,(H,16,19)(H,18,21)(H,17,20,22). The van der Waals surface area contributed by atoms with E-state index in [9.17, 15) is 19.2 Å². The topological polar surface area (TPSA) is 108 Å². The van der Waals surface area contributed by atoms with Crippen LogP contribution in [-0.2, 0) is 9.59 Å². The molecule has 2 unspecified atom stereocenters. The largest absolute Gasteiger partial charge is 0.339 e. The monoisotopic (exact) mass is 303 g/mol. The molecule has 1 aromatic rings. The molecule has 3 N–H and O–H groups in total. The van der Waals surface area contributed by atoms with Crippen LogP contribution in [0.3, 0.4) is 0 Å². The summed E-state index contributed by atoms with van der Waals surface area (Å²) < 4.78 is 0. The SMILES string of the molecule is O=C1CC(C2CCC2)C(NC(=O)c2cccc(=O)[nH]2)C(=O)N1. The average Bonchev–Trinajstić information content (AvgIpc) is 2.40. The van der Waals surface area contributed by atoms with Crippen molar-refractivity contribution in [3.05, 3.63) is 34.2 Å². The molecule has 0 spiro atoms. The molecular weight excluding hydrogens is 286 g/mol. The van der Waals surface area contributed by atoms with Crippen LogP contribution < -0.4 is 16.2 Å². The normalized spacial score (nSPS) is 25.3. The number of nitrogens with one attached hydrogen (secondary N) is 3. The number of piperidine rings is 1. The minimum Gasteiger partial charge on any atom is -0.339 e. The first-order chi connectivity index (χ1) is 10.5. The number of aromatic nitrogens is 1. The lowest BCUT2D eigenvalue weighted by molar-refractivity contribution is -0.138. The Morgan fingerprint density at radius 1 is 1.18 bits per heavy atom. The summed E-state index contributed by atoms with van der Waals surface area (Å²) in [5.74, 6) is -1.17. The molecular formula is C15H17N3O4. The Morgan fingerprint density at radius 3 is 2.59 bits per heavy atom. The van der Waals surface area contributed by atoms with Gasteiger partial charge in [0.1, 0.15) is 11.7 Å². The van der Waals surface area contributed by atoms with Crippen molar-refractivity contribution in [1.82, 2.24) is 15.6 Å². The number of carbonyl (C=O) groups is 3. The highest BCUT2D eigenvalue weighted by molar-refractivity contribution is 6.03. The molecule has 1 aliphatic heterocycles. The third kappa shape index (κ3) is 2.79. The fraction of sp³-hybridized carbons (Fsp3) is 0.467. The van der Waals surface area contributed by atoms with Crippen LogP contribution in [0.1, 0.15) is 36.2 Å². The van der Waals surface area contributed by atoms with E-state index in [1.807, 2.05) is 0 Å². The fourth-order valence-electron chi connectivity index (χ4n) is 3.07. The third-order valence-electron chi connectivity index (χ3n) is 4.45. The molecule has 1 aliphatic carbocycles. The molecule has 1 saturated carbocycles. The number of amides is 3. The molecule has 1 saturated heterocycles. The van der Waals surface area contributed by atoms with Crippen molar-refractivity contribution in [3.63, 3.8) is 0 Å². The van der Waals surface area contributed by atoms with Crippen LogP contribution in [0.25, 0.3) is 0 Å². The van der Waals surface area contributed by atoms with E-state index in [4.69, 9.17) is 0 Å². The molecule has 0 aromatic carbocycles. The number of H-pyrrole nitrogens is 1. The Hall–Kier alpha value is -2.44. The van der Waals surface area contributed by atoms with Gasteiger partial charge in [-0.1, -0.05) is 25.3 Å². The van der Waals surface area contributed by atoms with Gasteiger partial charge >= 0.3 is 0 Å². The summed E-state index contributed by atoms with van der Waals surface area (Å²) in [4.78, 5) is 49.6. The van der Waals surface area contributed by atoms with Gasteiger partial charge in [-0.2, -0.15) is 0 Å². The molecule has 116 valence electrons. The summed E-state index contributed by atoms with van der Waals surface area (Å²) in [6, 6.07) is 3.52. The molecule has 2 heterocycles. The zero-order chi connectivity index (χ0) is 15.7. The van der Waals surface area contributed by atoms with Gasteiger partial charge in [0.25, 0.3) is 5.91 Å². The third-order valence-corrected chi connectivity index (χ3v) is 4.45. The molecule has 22 heavy (non-hydrogen) atoms. The van der Waals surface area contributed by atoms with Crippen molar-refractivity contribution < 1.29 is 14.4 Å². The number of imide groups is 1. The summed E-state index contributed by atoms with van der Waals surface area (Å²) in [6.45, 7) is 0. The van der Waals surface area contributed by atoms with E-state index in [-0.39, 0.29) is 35.4 Å². The molecule has 2 fully saturated rings. The highest BCUT2D eigenvalue weighted by atomic mass is 16.2. The van der Waals surface area contributed by atoms with E-state index >= 15 is 0 Å². The van der Waals surface area contributed by atoms with Crippen LogP contribution in [0.5, 0.6) is 0 Å². The van der Waals surface area contributed by atoms with Crippen LogP contribution in [0.4, 0.5) is 0 Å². The van der Waals surface area contributed by atoms with E-state index in [2.05, 4.69) is 15.6 Å². The molecule has 0 radical (unpaired) electrons. The Labute approximate surface area is 126 Å². The van der Waals surface area contributed by atoms with Crippen LogP contribution in [-0.4, -0.2) is 28.7 Å². The van der Waals surface area contributed by atoms with E-state index in [0.717, 1.165) is 19.3 Å². The quantitative estimate of drug-likeness (QED) is 0.679. The predicted molar refractivity (Wildman–Crippen MR) is 76.9 cm³/mol. The number of carbonyl (C=O) groups excluding carboxylic acids is 3. The molecule has 3 amide bonds. The highest BCUT2D eigenvalue weighted by Gasteiger charge is 2.42. The first kappa shape index (κ1) is 14.5. The summed E-state index contributed by atoms with van der Waals surface area (Å²) in [5.41, 5.74) is -0.281. The number of pyridine rings is 1. The van der Waals surface area contributed by atoms with Crippen molar-refractivity contribution in [2.75, 3.05) is 0 Å². The second kappa shape index (κ2) is 5.75. The Kier molecular flexibility index (Phi) is 3.79. The summed E-state index contributed by atoms with van der Waals surface area (Å²) in [7, 11) is 0. The molecule has 3 rings (SSSR count). The second-order valence-electron chi connectivity index (χ2n) is 5.85. The zero-order valence-corrected chi connectivity index (χ0v) is 11.9. The first-order valence-corrected chi connectivity index (χ1v) is 7.38. The van der Waals surface area contributed by atoms with E-state index in [1.54, 1.807) is 0 Å². The van der Waals surface area contributed by atoms with Crippen LogP contribution in [0.15, 0.2) is 23.0 Å². The number of aromatic amines is 1. The average molecular weight is 303 g/mol. The maximum absolute atomic E-state index is 12.2. The highest BCUT2D eigenvalue weighted by Crippen LogP contribution is 2.38. The molecule has 7 heteroatoms. The lowest BCUT2D eigenvalue weighted by atomic mass is 9.70. The first-order valence-electron chi connectivity index (χ1n) is 7.38. The maximum Gasteiger partial charge on any atom is 0.268 e. The molecule has 7 nitrogen and oxygen atoms in total. The minimum absolute atomic E-state index is 0.101. The minimum atomic E-state index is -0.737. The van der Waals surface area contributed by atoms with Crippen LogP contribution in [0, 0.1) is 11.8 Å². The van der Waals surface area contributed by atoms with Crippen molar-refractivity contribution in [2.45, 2.75) is 31.7 Å². The van der Waals surface area contributed by atoms with Crippen molar-refractivity contribution in [3.8, 4) is 0 Å². The van der Waals surface area contributed by atoms with Crippen molar-refractivity contribution in [1.29, 1.82) is 0 Å². The smallest absolute Gasteiger partial charge is 0.268 e. The van der Waals surface area contributed by atoms with Crippen molar-refractivity contribution in [2.24, 2.45) is 11.8 Å². The lowest BCUT2D eigenvalue weighted by Crippen LogP contribution is -2.59. The molecule has 0 bridgehead atoms. The Morgan fingerprint density at radius 2 is 1.95 bits per heavy atom. The van der Waals surface area contributed by atoms with Gasteiger partial charge in [-0.25, -0.2) is 0 Å². The van der Waals surface area contributed by atoms with Gasteiger partial charge in [0.05, 0.1) is 0 Å². The maximum atomic E-state index is 12.2. The molecule has 2 aliphatic rings. The Balaban J connectivity index is 1.78. The van der Waals surface area contributed by atoms with Gasteiger partial charge in [0.15, 0.2) is 0 Å². The number of hydrogen-bond acceptors (Lipinski definition) is 4. The van der Waals surface area contributed by atoms with Gasteiger partial charge in [-0.05, 0) is 17.9 Å². The van der Waals surface area contributed by atoms with Gasteiger partial charge in [0, 0.05) is 12.5 Å². The number of rotatable bonds is 3. The second-order valence-corrected chi connectivity index (χ2v) is 5.85. The van der Waals surface area contributed by atoms with Gasteiger partial charge in [-0.3, -0.25) is 24.5 Å². The fourth-order valence-corrected chi connectivity index (χ4v) is 3.07.